The molecule has 2 heterocycles. The van der Waals surface area contributed by atoms with Gasteiger partial charge in [-0.25, -0.2) is 4.79 Å². The predicted molar refractivity (Wildman–Crippen MR) is 147 cm³/mol. The Labute approximate surface area is 234 Å². The number of carbonyl (C=O) groups is 3. The van der Waals surface area contributed by atoms with E-state index in [0.29, 0.717) is 44.3 Å². The topological polar surface area (TPSA) is 116 Å². The summed E-state index contributed by atoms with van der Waals surface area (Å²) in [7, 11) is 2.94. The van der Waals surface area contributed by atoms with E-state index in [0.717, 1.165) is 0 Å². The van der Waals surface area contributed by atoms with Gasteiger partial charge < -0.3 is 23.7 Å². The molecule has 1 N–H and O–H groups in total. The van der Waals surface area contributed by atoms with Gasteiger partial charge >= 0.3 is 5.97 Å². The van der Waals surface area contributed by atoms with Gasteiger partial charge in [-0.2, -0.15) is 0 Å². The van der Waals surface area contributed by atoms with Crippen molar-refractivity contribution < 1.29 is 38.1 Å². The molecule has 1 unspecified atom stereocenters. The van der Waals surface area contributed by atoms with E-state index in [1.165, 1.54) is 37.3 Å². The number of ether oxygens (including phenoxy) is 3. The average Bonchev–Trinajstić information content (AvgIpc) is 3.51. The van der Waals surface area contributed by atoms with Gasteiger partial charge in [-0.3, -0.25) is 14.5 Å². The highest BCUT2D eigenvalue weighted by Gasteiger charge is 2.45. The molecule has 0 aliphatic carbocycles. The number of esters is 1. The largest absolute Gasteiger partial charge is 0.503 e. The third-order valence-electron chi connectivity index (χ3n) is 6.51. The average molecular weight is 562 g/mol. The number of halogens is 1. The second kappa shape index (κ2) is 10.8. The minimum Gasteiger partial charge on any atom is -0.503 e. The van der Waals surface area contributed by atoms with Crippen molar-refractivity contribution in [1.29, 1.82) is 0 Å². The Hall–Kier alpha value is -4.76. The van der Waals surface area contributed by atoms with Crippen molar-refractivity contribution in [2.24, 2.45) is 0 Å². The van der Waals surface area contributed by atoms with Crippen LogP contribution in [0.1, 0.15) is 39.4 Å². The molecule has 0 spiro atoms. The van der Waals surface area contributed by atoms with Crippen molar-refractivity contribution in [2.45, 2.75) is 13.0 Å². The minimum absolute atomic E-state index is 0.114. The predicted octanol–water partition coefficient (Wildman–Crippen LogP) is 6.06. The van der Waals surface area contributed by atoms with Crippen molar-refractivity contribution in [2.75, 3.05) is 25.7 Å². The summed E-state index contributed by atoms with van der Waals surface area (Å²) >= 11 is 6.18. The first-order valence-electron chi connectivity index (χ1n) is 12.3. The number of hydrogen-bond acceptors (Lipinski definition) is 8. The van der Waals surface area contributed by atoms with Gasteiger partial charge in [0.05, 0.1) is 38.0 Å². The van der Waals surface area contributed by atoms with E-state index in [1.807, 2.05) is 0 Å². The van der Waals surface area contributed by atoms with Crippen LogP contribution in [0, 0.1) is 0 Å². The number of fused-ring (bicyclic) bond motifs is 1. The van der Waals surface area contributed by atoms with E-state index in [-0.39, 0.29) is 17.9 Å². The van der Waals surface area contributed by atoms with E-state index in [9.17, 15) is 19.5 Å². The van der Waals surface area contributed by atoms with E-state index in [2.05, 4.69) is 0 Å². The highest BCUT2D eigenvalue weighted by Crippen LogP contribution is 2.43. The Morgan fingerprint density at radius 2 is 1.77 bits per heavy atom. The Kier molecular flexibility index (Phi) is 7.23. The molecule has 4 aromatic rings. The molecule has 40 heavy (non-hydrogen) atoms. The minimum atomic E-state index is -1.04. The van der Waals surface area contributed by atoms with Gasteiger partial charge in [-0.05, 0) is 61.0 Å². The number of furan rings is 1. The smallest absolute Gasteiger partial charge is 0.338 e. The maximum absolute atomic E-state index is 13.9. The molecule has 3 aromatic carbocycles. The Morgan fingerprint density at radius 3 is 2.45 bits per heavy atom. The van der Waals surface area contributed by atoms with E-state index in [1.54, 1.807) is 55.5 Å². The first kappa shape index (κ1) is 26.8. The van der Waals surface area contributed by atoms with Gasteiger partial charge in [-0.1, -0.05) is 23.7 Å². The molecule has 1 aliphatic heterocycles. The van der Waals surface area contributed by atoms with Crippen LogP contribution >= 0.6 is 11.6 Å². The number of aliphatic hydroxyl groups excluding tert-OH is 1. The van der Waals surface area contributed by atoms with Crippen LogP contribution < -0.4 is 14.4 Å². The third-order valence-corrected chi connectivity index (χ3v) is 6.73. The molecule has 1 amide bonds. The van der Waals surface area contributed by atoms with Crippen LogP contribution in [-0.2, 0) is 9.53 Å². The quantitative estimate of drug-likeness (QED) is 0.204. The fraction of sp³-hybridized carbons (Fsp3) is 0.167. The molecule has 9 nitrogen and oxygen atoms in total. The molecule has 10 heteroatoms. The van der Waals surface area contributed by atoms with Gasteiger partial charge in [0.2, 0.25) is 5.78 Å². The molecule has 0 bridgehead atoms. The summed E-state index contributed by atoms with van der Waals surface area (Å²) in [5, 5.41) is 12.0. The fourth-order valence-electron chi connectivity index (χ4n) is 4.69. The maximum atomic E-state index is 13.9. The zero-order valence-electron chi connectivity index (χ0n) is 21.8. The zero-order valence-corrected chi connectivity index (χ0v) is 22.5. The first-order chi connectivity index (χ1) is 19.3. The molecular formula is C30H24ClNO8. The lowest BCUT2D eigenvalue weighted by Crippen LogP contribution is -2.31. The number of amides is 1. The number of ketones is 1. The number of anilines is 1. The number of rotatable bonds is 8. The lowest BCUT2D eigenvalue weighted by atomic mass is 9.94. The number of nitrogens with zero attached hydrogens (tertiary/aromatic N) is 1. The summed E-state index contributed by atoms with van der Waals surface area (Å²) in [4.78, 5) is 40.9. The van der Waals surface area contributed by atoms with Crippen LogP contribution in [-0.4, -0.2) is 43.6 Å². The maximum Gasteiger partial charge on any atom is 0.338 e. The molecule has 1 aliphatic rings. The number of hydrogen-bond donors (Lipinski definition) is 1. The molecule has 0 fully saturated rings. The van der Waals surface area contributed by atoms with Gasteiger partial charge in [0.15, 0.2) is 22.9 Å². The number of methoxy groups -OCH3 is 2. The van der Waals surface area contributed by atoms with Crippen molar-refractivity contribution in [3.63, 3.8) is 0 Å². The van der Waals surface area contributed by atoms with Crippen molar-refractivity contribution in [3.05, 3.63) is 100.0 Å². The molecule has 1 aromatic heterocycles. The summed E-state index contributed by atoms with van der Waals surface area (Å²) in [6.07, 6.45) is 0. The standard InChI is InChI=1S/C30H24ClNO8/c1-4-39-30(36)16-8-10-20(11-9-16)32-25(17-6-5-7-21(13-17)37-2)24(27(34)29(32)35)26(33)22-14-18-12-19(31)15-23(38-3)28(18)40-22/h5-15,25,34H,4H2,1-3H3. The first-order valence-corrected chi connectivity index (χ1v) is 12.6. The van der Waals surface area contributed by atoms with Crippen LogP contribution in [0.4, 0.5) is 5.69 Å². The van der Waals surface area contributed by atoms with Crippen LogP contribution in [0.5, 0.6) is 11.5 Å². The highest BCUT2D eigenvalue weighted by molar-refractivity contribution is 6.31. The lowest BCUT2D eigenvalue weighted by Gasteiger charge is -2.27. The number of benzene rings is 3. The second-order valence-electron chi connectivity index (χ2n) is 8.85. The van der Waals surface area contributed by atoms with Gasteiger partial charge in [0.25, 0.3) is 5.91 Å². The number of carbonyl (C=O) groups excluding carboxylic acids is 3. The van der Waals surface area contributed by atoms with Crippen molar-refractivity contribution >= 4 is 45.9 Å². The molecular weight excluding hydrogens is 538 g/mol. The summed E-state index contributed by atoms with van der Waals surface area (Å²) in [5.41, 5.74) is 1.25. The Balaban J connectivity index is 1.62. The second-order valence-corrected chi connectivity index (χ2v) is 9.29. The summed E-state index contributed by atoms with van der Waals surface area (Å²) in [6, 6.07) is 16.6. The molecule has 0 saturated carbocycles. The van der Waals surface area contributed by atoms with E-state index >= 15 is 0 Å². The summed E-state index contributed by atoms with van der Waals surface area (Å²) in [6.45, 7) is 1.92. The molecule has 204 valence electrons. The van der Waals surface area contributed by atoms with Crippen LogP contribution in [0.15, 0.2) is 82.5 Å². The summed E-state index contributed by atoms with van der Waals surface area (Å²) < 4.78 is 21.6. The van der Waals surface area contributed by atoms with Gasteiger partial charge in [0.1, 0.15) is 5.75 Å². The van der Waals surface area contributed by atoms with Gasteiger partial charge in [-0.15, -0.1) is 0 Å². The van der Waals surface area contributed by atoms with E-state index < -0.39 is 29.5 Å². The monoisotopic (exact) mass is 561 g/mol. The molecule has 0 radical (unpaired) electrons. The van der Waals surface area contributed by atoms with E-state index in [4.69, 9.17) is 30.2 Å². The SMILES string of the molecule is CCOC(=O)c1ccc(N2C(=O)C(O)=C(C(=O)c3cc4cc(Cl)cc(OC)c4o3)C2c2cccc(OC)c2)cc1. The molecule has 5 rings (SSSR count). The van der Waals surface area contributed by atoms with Crippen molar-refractivity contribution in [3.8, 4) is 11.5 Å². The Bertz CT molecular complexity index is 1670. The summed E-state index contributed by atoms with van der Waals surface area (Å²) in [5.74, 6) is -2.02. The van der Waals surface area contributed by atoms with Crippen LogP contribution in [0.2, 0.25) is 5.02 Å². The molecule has 1 atom stereocenters. The highest BCUT2D eigenvalue weighted by atomic mass is 35.5. The number of aliphatic hydroxyl groups is 1. The lowest BCUT2D eigenvalue weighted by molar-refractivity contribution is -0.117. The Morgan fingerprint density at radius 1 is 1.02 bits per heavy atom. The molecule has 0 saturated heterocycles. The van der Waals surface area contributed by atoms with Crippen LogP contribution in [0.3, 0.4) is 0 Å². The normalized spacial score (nSPS) is 15.1. The number of Topliss-reactive ketones (excluding diaryl/α,β-unsaturated/α-hetero) is 1. The van der Waals surface area contributed by atoms with Crippen molar-refractivity contribution in [1.82, 2.24) is 0 Å². The fourth-order valence-corrected chi connectivity index (χ4v) is 4.90. The third kappa shape index (κ3) is 4.65. The van der Waals surface area contributed by atoms with Gasteiger partial charge in [0, 0.05) is 22.2 Å². The zero-order chi connectivity index (χ0) is 28.6. The van der Waals surface area contributed by atoms with Crippen LogP contribution in [0.25, 0.3) is 11.0 Å².